The lowest BCUT2D eigenvalue weighted by Gasteiger charge is -2.36. The molecule has 2 heterocycles. The van der Waals surface area contributed by atoms with Gasteiger partial charge in [-0.25, -0.2) is 5.01 Å². The van der Waals surface area contributed by atoms with Crippen LogP contribution in [0.1, 0.15) is 31.7 Å². The van der Waals surface area contributed by atoms with Crippen molar-refractivity contribution >= 4 is 17.5 Å². The van der Waals surface area contributed by atoms with E-state index in [2.05, 4.69) is 16.9 Å². The smallest absolute Gasteiger partial charge is 0.244 e. The second-order valence-electron chi connectivity index (χ2n) is 7.56. The number of nitrogens with two attached hydrogens (primary N) is 1. The van der Waals surface area contributed by atoms with Gasteiger partial charge in [-0.15, -0.1) is 0 Å². The van der Waals surface area contributed by atoms with Crippen LogP contribution in [0.3, 0.4) is 0 Å². The lowest BCUT2D eigenvalue weighted by atomic mass is 10.0. The molecule has 1 fully saturated rings. The van der Waals surface area contributed by atoms with E-state index < -0.39 is 0 Å². The Hall–Kier alpha value is -2.65. The summed E-state index contributed by atoms with van der Waals surface area (Å²) in [7, 11) is 1.62. The molecule has 2 N–H and O–H groups in total. The van der Waals surface area contributed by atoms with Gasteiger partial charge >= 0.3 is 0 Å². The third-order valence-corrected chi connectivity index (χ3v) is 5.24. The molecule has 0 saturated carbocycles. The highest BCUT2D eigenvalue weighted by molar-refractivity contribution is 6.04. The SMILES string of the molecule is CCCOc1cc(C2=NN(CN3CCN(CC(N)=O)CC3)C(=O)CC2)ccc1OC. The molecule has 2 aliphatic heterocycles. The molecule has 0 atom stereocenters. The third kappa shape index (κ3) is 5.70. The highest BCUT2D eigenvalue weighted by Gasteiger charge is 2.26. The van der Waals surface area contributed by atoms with Crippen molar-refractivity contribution < 1.29 is 19.1 Å². The van der Waals surface area contributed by atoms with Gasteiger partial charge in [0.2, 0.25) is 11.8 Å². The number of primary amides is 1. The van der Waals surface area contributed by atoms with Crippen molar-refractivity contribution in [2.45, 2.75) is 26.2 Å². The number of hydrazone groups is 1. The number of hydrogen-bond donors (Lipinski definition) is 1. The second-order valence-corrected chi connectivity index (χ2v) is 7.56. The molecule has 164 valence electrons. The van der Waals surface area contributed by atoms with E-state index in [9.17, 15) is 9.59 Å². The van der Waals surface area contributed by atoms with E-state index in [1.807, 2.05) is 23.1 Å². The molecular weight excluding hydrogens is 386 g/mol. The van der Waals surface area contributed by atoms with Gasteiger partial charge in [0.05, 0.1) is 32.6 Å². The van der Waals surface area contributed by atoms with Crippen molar-refractivity contribution in [3.63, 3.8) is 0 Å². The standard InChI is InChI=1S/C21H31N5O4/c1-3-12-30-19-13-16(4-6-18(19)29-2)17-5-7-21(28)26(23-17)15-25-10-8-24(9-11-25)14-20(22)27/h4,6,13H,3,5,7-12,14-15H2,1-2H3,(H2,22,27). The van der Waals surface area contributed by atoms with E-state index in [0.29, 0.717) is 37.6 Å². The van der Waals surface area contributed by atoms with Gasteiger partial charge in [-0.2, -0.15) is 5.10 Å². The summed E-state index contributed by atoms with van der Waals surface area (Å²) in [5.41, 5.74) is 7.07. The van der Waals surface area contributed by atoms with Crippen LogP contribution in [0.4, 0.5) is 0 Å². The predicted molar refractivity (Wildman–Crippen MR) is 113 cm³/mol. The maximum absolute atomic E-state index is 12.4. The van der Waals surface area contributed by atoms with Gasteiger partial charge in [0.15, 0.2) is 11.5 Å². The number of piperazine rings is 1. The summed E-state index contributed by atoms with van der Waals surface area (Å²) in [5, 5.41) is 6.20. The summed E-state index contributed by atoms with van der Waals surface area (Å²) >= 11 is 0. The number of nitrogens with zero attached hydrogens (tertiary/aromatic N) is 4. The normalized spacial score (nSPS) is 18.3. The minimum Gasteiger partial charge on any atom is -0.493 e. The molecule has 1 aromatic rings. The Kier molecular flexibility index (Phi) is 7.64. The van der Waals surface area contributed by atoms with Crippen LogP contribution < -0.4 is 15.2 Å². The summed E-state index contributed by atoms with van der Waals surface area (Å²) in [4.78, 5) is 27.7. The van der Waals surface area contributed by atoms with E-state index in [0.717, 1.165) is 43.9 Å². The molecular formula is C21H31N5O4. The van der Waals surface area contributed by atoms with Crippen LogP contribution >= 0.6 is 0 Å². The average Bonchev–Trinajstić information content (AvgIpc) is 2.74. The molecule has 1 aromatic carbocycles. The number of rotatable bonds is 9. The highest BCUT2D eigenvalue weighted by atomic mass is 16.5. The van der Waals surface area contributed by atoms with E-state index in [4.69, 9.17) is 15.2 Å². The third-order valence-electron chi connectivity index (χ3n) is 5.24. The summed E-state index contributed by atoms with van der Waals surface area (Å²) in [6, 6.07) is 5.76. The predicted octanol–water partition coefficient (Wildman–Crippen LogP) is 0.871. The molecule has 3 rings (SSSR count). The second kappa shape index (κ2) is 10.4. The monoisotopic (exact) mass is 417 g/mol. The largest absolute Gasteiger partial charge is 0.493 e. The first kappa shape index (κ1) is 22.0. The van der Waals surface area contributed by atoms with Crippen molar-refractivity contribution in [1.29, 1.82) is 0 Å². The van der Waals surface area contributed by atoms with Gasteiger partial charge in [-0.1, -0.05) is 6.92 Å². The van der Waals surface area contributed by atoms with Crippen molar-refractivity contribution in [3.8, 4) is 11.5 Å². The average molecular weight is 418 g/mol. The summed E-state index contributed by atoms with van der Waals surface area (Å²) < 4.78 is 11.2. The van der Waals surface area contributed by atoms with Crippen molar-refractivity contribution in [2.24, 2.45) is 10.8 Å². The van der Waals surface area contributed by atoms with Crippen LogP contribution in [0.25, 0.3) is 0 Å². The van der Waals surface area contributed by atoms with Gasteiger partial charge in [-0.05, 0) is 24.6 Å². The molecule has 1 saturated heterocycles. The molecule has 9 heteroatoms. The fourth-order valence-electron chi connectivity index (χ4n) is 3.60. The molecule has 0 spiro atoms. The summed E-state index contributed by atoms with van der Waals surface area (Å²) in [5.74, 6) is 1.08. The fourth-order valence-corrected chi connectivity index (χ4v) is 3.60. The molecule has 9 nitrogen and oxygen atoms in total. The quantitative estimate of drug-likeness (QED) is 0.640. The molecule has 0 unspecified atom stereocenters. The molecule has 30 heavy (non-hydrogen) atoms. The Balaban J connectivity index is 1.68. The fraction of sp³-hybridized carbons (Fsp3) is 0.571. The first-order chi connectivity index (χ1) is 14.5. The molecule has 0 aromatic heterocycles. The zero-order valence-electron chi connectivity index (χ0n) is 17.8. The number of benzene rings is 1. The minimum atomic E-state index is -0.314. The number of carbonyl (C=O) groups is 2. The molecule has 0 bridgehead atoms. The zero-order chi connectivity index (χ0) is 21.5. The van der Waals surface area contributed by atoms with Crippen molar-refractivity contribution in [2.75, 3.05) is 53.1 Å². The van der Waals surface area contributed by atoms with Gasteiger partial charge in [0.25, 0.3) is 0 Å². The van der Waals surface area contributed by atoms with E-state index in [-0.39, 0.29) is 18.4 Å². The van der Waals surface area contributed by atoms with Gasteiger partial charge in [0.1, 0.15) is 0 Å². The van der Waals surface area contributed by atoms with Crippen molar-refractivity contribution in [3.05, 3.63) is 23.8 Å². The Labute approximate surface area is 177 Å². The van der Waals surface area contributed by atoms with Crippen LogP contribution in [-0.4, -0.2) is 85.4 Å². The molecule has 0 aliphatic carbocycles. The van der Waals surface area contributed by atoms with Crippen molar-refractivity contribution in [1.82, 2.24) is 14.8 Å². The Morgan fingerprint density at radius 2 is 1.87 bits per heavy atom. The van der Waals surface area contributed by atoms with E-state index in [1.54, 1.807) is 12.1 Å². The van der Waals surface area contributed by atoms with Gasteiger partial charge < -0.3 is 15.2 Å². The zero-order valence-corrected chi connectivity index (χ0v) is 17.8. The molecule has 0 radical (unpaired) electrons. The molecule has 2 aliphatic rings. The first-order valence-corrected chi connectivity index (χ1v) is 10.4. The number of amides is 2. The topological polar surface area (TPSA) is 101 Å². The maximum atomic E-state index is 12.4. The number of carbonyl (C=O) groups excluding carboxylic acids is 2. The van der Waals surface area contributed by atoms with Crippen LogP contribution in [0.5, 0.6) is 11.5 Å². The lowest BCUT2D eigenvalue weighted by Crippen LogP contribution is -2.52. The summed E-state index contributed by atoms with van der Waals surface area (Å²) in [6.45, 7) is 6.41. The van der Waals surface area contributed by atoms with E-state index in [1.165, 1.54) is 0 Å². The van der Waals surface area contributed by atoms with Crippen LogP contribution in [0, 0.1) is 0 Å². The van der Waals surface area contributed by atoms with Gasteiger partial charge in [0, 0.05) is 44.6 Å². The molecule has 2 amide bonds. The lowest BCUT2D eigenvalue weighted by molar-refractivity contribution is -0.134. The Morgan fingerprint density at radius 1 is 1.13 bits per heavy atom. The first-order valence-electron chi connectivity index (χ1n) is 10.4. The van der Waals surface area contributed by atoms with E-state index >= 15 is 0 Å². The van der Waals surface area contributed by atoms with Crippen LogP contribution in [0.15, 0.2) is 23.3 Å². The number of methoxy groups -OCH3 is 1. The Bertz CT molecular complexity index is 790. The van der Waals surface area contributed by atoms with Crippen LogP contribution in [0.2, 0.25) is 0 Å². The number of ether oxygens (including phenoxy) is 2. The van der Waals surface area contributed by atoms with Crippen LogP contribution in [-0.2, 0) is 9.59 Å². The highest BCUT2D eigenvalue weighted by Crippen LogP contribution is 2.29. The number of hydrogen-bond acceptors (Lipinski definition) is 7. The minimum absolute atomic E-state index is 0.0225. The summed E-state index contributed by atoms with van der Waals surface area (Å²) in [6.07, 6.45) is 1.93. The maximum Gasteiger partial charge on any atom is 0.244 e. The van der Waals surface area contributed by atoms with Gasteiger partial charge in [-0.3, -0.25) is 19.4 Å². The Morgan fingerprint density at radius 3 is 2.53 bits per heavy atom.